The van der Waals surface area contributed by atoms with Crippen molar-refractivity contribution in [3.8, 4) is 5.75 Å². The van der Waals surface area contributed by atoms with Crippen molar-refractivity contribution in [3.05, 3.63) is 29.8 Å². The lowest BCUT2D eigenvalue weighted by molar-refractivity contribution is -0.0505. The number of alkyl halides is 2. The highest BCUT2D eigenvalue weighted by molar-refractivity contribution is 7.99. The summed E-state index contributed by atoms with van der Waals surface area (Å²) in [7, 11) is 0. The van der Waals surface area contributed by atoms with Crippen molar-refractivity contribution in [2.24, 2.45) is 0 Å². The minimum atomic E-state index is -2.77. The zero-order valence-electron chi connectivity index (χ0n) is 9.36. The molecular formula is C12H15F2NOS. The molecule has 1 saturated heterocycles. The summed E-state index contributed by atoms with van der Waals surface area (Å²) in [6, 6.07) is 7.41. The first-order valence-corrected chi connectivity index (χ1v) is 6.75. The molecule has 0 saturated carbocycles. The summed E-state index contributed by atoms with van der Waals surface area (Å²) in [5.74, 6) is 2.53. The summed E-state index contributed by atoms with van der Waals surface area (Å²) in [4.78, 5) is 0. The van der Waals surface area contributed by atoms with E-state index >= 15 is 0 Å². The second kappa shape index (κ2) is 6.21. The second-order valence-corrected chi connectivity index (χ2v) is 5.08. The second-order valence-electron chi connectivity index (χ2n) is 3.93. The maximum Gasteiger partial charge on any atom is 0.387 e. The van der Waals surface area contributed by atoms with E-state index in [1.54, 1.807) is 12.1 Å². The van der Waals surface area contributed by atoms with Crippen LogP contribution in [0.2, 0.25) is 0 Å². The SMILES string of the molecule is FC(F)Oc1ccccc1CNC1CCSC1. The van der Waals surface area contributed by atoms with Gasteiger partial charge in [0.2, 0.25) is 0 Å². The van der Waals surface area contributed by atoms with E-state index in [2.05, 4.69) is 10.1 Å². The molecule has 0 bridgehead atoms. The summed E-state index contributed by atoms with van der Waals surface area (Å²) in [5, 5.41) is 3.37. The Morgan fingerprint density at radius 3 is 2.94 bits per heavy atom. The molecule has 1 aliphatic rings. The highest BCUT2D eigenvalue weighted by Gasteiger charge is 2.15. The van der Waals surface area contributed by atoms with Crippen LogP contribution in [-0.2, 0) is 6.54 Å². The number of ether oxygens (including phenoxy) is 1. The summed E-state index contributed by atoms with van der Waals surface area (Å²) in [5.41, 5.74) is 0.782. The molecule has 1 aliphatic heterocycles. The Balaban J connectivity index is 1.94. The van der Waals surface area contributed by atoms with Gasteiger partial charge in [-0.15, -0.1) is 0 Å². The van der Waals surface area contributed by atoms with Gasteiger partial charge in [0, 0.05) is 23.9 Å². The number of nitrogens with one attached hydrogen (secondary N) is 1. The minimum Gasteiger partial charge on any atom is -0.434 e. The minimum absolute atomic E-state index is 0.264. The van der Waals surface area contributed by atoms with Crippen LogP contribution >= 0.6 is 11.8 Å². The maximum absolute atomic E-state index is 12.2. The molecule has 1 atom stereocenters. The molecule has 1 aromatic carbocycles. The maximum atomic E-state index is 12.2. The Hall–Kier alpha value is -0.810. The van der Waals surface area contributed by atoms with Gasteiger partial charge in [-0.3, -0.25) is 0 Å². The molecule has 0 aliphatic carbocycles. The molecule has 0 spiro atoms. The first kappa shape index (κ1) is 12.6. The summed E-state index contributed by atoms with van der Waals surface area (Å²) in [6.45, 7) is -2.19. The van der Waals surface area contributed by atoms with E-state index in [1.165, 1.54) is 5.75 Å². The molecule has 0 radical (unpaired) electrons. The van der Waals surface area contributed by atoms with E-state index in [4.69, 9.17) is 0 Å². The zero-order valence-corrected chi connectivity index (χ0v) is 10.2. The van der Waals surface area contributed by atoms with Gasteiger partial charge in [0.25, 0.3) is 0 Å². The average molecular weight is 259 g/mol. The molecule has 1 heterocycles. The van der Waals surface area contributed by atoms with E-state index in [1.807, 2.05) is 23.9 Å². The van der Waals surface area contributed by atoms with Crippen LogP contribution in [0.25, 0.3) is 0 Å². The van der Waals surface area contributed by atoms with Crippen molar-refractivity contribution in [2.75, 3.05) is 11.5 Å². The van der Waals surface area contributed by atoms with Crippen LogP contribution in [0.5, 0.6) is 5.75 Å². The Bertz CT molecular complexity index is 356. The number of hydrogen-bond donors (Lipinski definition) is 1. The standard InChI is InChI=1S/C12H15F2NOS/c13-12(14)16-11-4-2-1-3-9(11)7-15-10-5-6-17-8-10/h1-4,10,12,15H,5-8H2. The topological polar surface area (TPSA) is 21.3 Å². The highest BCUT2D eigenvalue weighted by Crippen LogP contribution is 2.22. The van der Waals surface area contributed by atoms with Gasteiger partial charge in [-0.05, 0) is 18.2 Å². The van der Waals surface area contributed by atoms with Gasteiger partial charge in [-0.2, -0.15) is 20.5 Å². The first-order valence-electron chi connectivity index (χ1n) is 5.59. The van der Waals surface area contributed by atoms with Crippen molar-refractivity contribution < 1.29 is 13.5 Å². The molecule has 1 unspecified atom stereocenters. The third-order valence-corrected chi connectivity index (χ3v) is 3.86. The number of benzene rings is 1. The van der Waals surface area contributed by atoms with Gasteiger partial charge >= 0.3 is 6.61 Å². The summed E-state index contributed by atoms with van der Waals surface area (Å²) < 4.78 is 28.9. The molecule has 17 heavy (non-hydrogen) atoms. The van der Waals surface area contributed by atoms with Crippen molar-refractivity contribution in [3.63, 3.8) is 0 Å². The van der Waals surface area contributed by atoms with E-state index in [-0.39, 0.29) is 5.75 Å². The predicted molar refractivity (Wildman–Crippen MR) is 65.6 cm³/mol. The van der Waals surface area contributed by atoms with E-state index < -0.39 is 6.61 Å². The number of hydrogen-bond acceptors (Lipinski definition) is 3. The molecule has 2 rings (SSSR count). The number of rotatable bonds is 5. The Morgan fingerprint density at radius 1 is 1.41 bits per heavy atom. The van der Waals surface area contributed by atoms with Crippen LogP contribution in [0.3, 0.4) is 0 Å². The molecule has 1 aromatic rings. The van der Waals surface area contributed by atoms with Gasteiger partial charge in [-0.1, -0.05) is 18.2 Å². The van der Waals surface area contributed by atoms with Gasteiger partial charge in [0.15, 0.2) is 0 Å². The van der Waals surface area contributed by atoms with Crippen molar-refractivity contribution in [1.29, 1.82) is 0 Å². The van der Waals surface area contributed by atoms with Gasteiger partial charge in [0.1, 0.15) is 5.75 Å². The van der Waals surface area contributed by atoms with Crippen LogP contribution in [0.15, 0.2) is 24.3 Å². The fourth-order valence-electron chi connectivity index (χ4n) is 1.81. The third-order valence-electron chi connectivity index (χ3n) is 2.70. The van der Waals surface area contributed by atoms with E-state index in [0.29, 0.717) is 12.6 Å². The molecule has 1 N–H and O–H groups in total. The normalized spacial score (nSPS) is 19.8. The molecule has 2 nitrogen and oxygen atoms in total. The zero-order chi connectivity index (χ0) is 12.1. The van der Waals surface area contributed by atoms with E-state index in [9.17, 15) is 8.78 Å². The lowest BCUT2D eigenvalue weighted by Crippen LogP contribution is -2.28. The van der Waals surface area contributed by atoms with Crippen LogP contribution in [-0.4, -0.2) is 24.2 Å². The Kier molecular flexibility index (Phi) is 4.62. The van der Waals surface area contributed by atoms with Crippen molar-refractivity contribution in [2.45, 2.75) is 25.6 Å². The average Bonchev–Trinajstić information content (AvgIpc) is 2.80. The van der Waals surface area contributed by atoms with Crippen molar-refractivity contribution in [1.82, 2.24) is 5.32 Å². The largest absolute Gasteiger partial charge is 0.434 e. The van der Waals surface area contributed by atoms with E-state index in [0.717, 1.165) is 17.7 Å². The smallest absolute Gasteiger partial charge is 0.387 e. The quantitative estimate of drug-likeness (QED) is 0.878. The Labute approximate surface area is 104 Å². The van der Waals surface area contributed by atoms with Crippen LogP contribution in [0.1, 0.15) is 12.0 Å². The lowest BCUT2D eigenvalue weighted by atomic mass is 10.2. The highest BCUT2D eigenvalue weighted by atomic mass is 32.2. The number of para-hydroxylation sites is 1. The molecular weight excluding hydrogens is 244 g/mol. The molecule has 5 heteroatoms. The first-order chi connectivity index (χ1) is 8.25. The number of halogens is 2. The fraction of sp³-hybridized carbons (Fsp3) is 0.500. The molecule has 0 amide bonds. The van der Waals surface area contributed by atoms with Gasteiger partial charge in [0.05, 0.1) is 0 Å². The van der Waals surface area contributed by atoms with Gasteiger partial charge < -0.3 is 10.1 Å². The Morgan fingerprint density at radius 2 is 2.24 bits per heavy atom. The summed E-state index contributed by atoms with van der Waals surface area (Å²) in [6.07, 6.45) is 1.14. The van der Waals surface area contributed by atoms with Crippen molar-refractivity contribution >= 4 is 11.8 Å². The van der Waals surface area contributed by atoms with Gasteiger partial charge in [-0.25, -0.2) is 0 Å². The molecule has 1 fully saturated rings. The number of thioether (sulfide) groups is 1. The third kappa shape index (κ3) is 3.85. The molecule has 0 aromatic heterocycles. The lowest BCUT2D eigenvalue weighted by Gasteiger charge is -2.14. The van der Waals surface area contributed by atoms with Crippen LogP contribution < -0.4 is 10.1 Å². The predicted octanol–water partition coefficient (Wildman–Crippen LogP) is 2.88. The summed E-state index contributed by atoms with van der Waals surface area (Å²) >= 11 is 1.92. The van der Waals surface area contributed by atoms with Crippen LogP contribution in [0.4, 0.5) is 8.78 Å². The molecule has 94 valence electrons. The fourth-order valence-corrected chi connectivity index (χ4v) is 3.00. The monoisotopic (exact) mass is 259 g/mol. The van der Waals surface area contributed by atoms with Crippen LogP contribution in [0, 0.1) is 0 Å².